The number of benzene rings is 4. The summed E-state index contributed by atoms with van der Waals surface area (Å²) in [7, 11) is 0. The van der Waals surface area contributed by atoms with Gasteiger partial charge in [0, 0.05) is 37.4 Å². The van der Waals surface area contributed by atoms with Crippen LogP contribution >= 0.6 is 23.2 Å². The van der Waals surface area contributed by atoms with Crippen LogP contribution in [-0.2, 0) is 23.3 Å². The van der Waals surface area contributed by atoms with Crippen LogP contribution in [0.3, 0.4) is 0 Å². The first-order valence-electron chi connectivity index (χ1n) is 16.5. The Labute approximate surface area is 290 Å². The van der Waals surface area contributed by atoms with Crippen LogP contribution < -0.4 is 0 Å². The summed E-state index contributed by atoms with van der Waals surface area (Å²) < 4.78 is 15.6. The van der Waals surface area contributed by atoms with E-state index < -0.39 is 5.41 Å². The van der Waals surface area contributed by atoms with Crippen molar-refractivity contribution in [1.29, 1.82) is 0 Å². The number of piperidine rings is 1. The summed E-state index contributed by atoms with van der Waals surface area (Å²) in [5, 5.41) is 0.992. The monoisotopic (exact) mass is 682 g/mol. The fourth-order valence-electron chi connectivity index (χ4n) is 7.36. The minimum atomic E-state index is -0.391. The number of ketones is 1. The molecule has 7 rings (SSSR count). The molecule has 48 heavy (non-hydrogen) atoms. The van der Waals surface area contributed by atoms with Gasteiger partial charge in [0.25, 0.3) is 0 Å². The molecule has 0 aliphatic carbocycles. The van der Waals surface area contributed by atoms with E-state index >= 15 is 0 Å². The van der Waals surface area contributed by atoms with Crippen molar-refractivity contribution < 1.29 is 14.0 Å². The van der Waals surface area contributed by atoms with E-state index in [0.29, 0.717) is 41.9 Å². The maximum absolute atomic E-state index is 14.0. The van der Waals surface area contributed by atoms with Gasteiger partial charge in [-0.2, -0.15) is 0 Å². The van der Waals surface area contributed by atoms with Gasteiger partial charge in [0.2, 0.25) is 11.7 Å². The Bertz CT molecular complexity index is 1940. The highest BCUT2D eigenvalue weighted by molar-refractivity contribution is 6.42. The lowest BCUT2D eigenvalue weighted by molar-refractivity contribution is -0.128. The highest BCUT2D eigenvalue weighted by Gasteiger charge is 2.45. The quantitative estimate of drug-likeness (QED) is 0.139. The van der Waals surface area contributed by atoms with Gasteiger partial charge < -0.3 is 14.4 Å². The molecule has 2 fully saturated rings. The molecule has 1 aromatic heterocycles. The molecule has 1 unspecified atom stereocenters. The first-order valence-corrected chi connectivity index (χ1v) is 17.3. The molecular formula is C39H37Cl2FN4O2. The van der Waals surface area contributed by atoms with E-state index in [0.717, 1.165) is 66.6 Å². The van der Waals surface area contributed by atoms with Crippen molar-refractivity contribution in [2.75, 3.05) is 26.2 Å². The van der Waals surface area contributed by atoms with Gasteiger partial charge in [-0.1, -0.05) is 83.9 Å². The Morgan fingerprint density at radius 1 is 0.854 bits per heavy atom. The zero-order chi connectivity index (χ0) is 33.3. The van der Waals surface area contributed by atoms with E-state index in [9.17, 15) is 14.0 Å². The number of fused-ring (bicyclic) bond motifs is 1. The van der Waals surface area contributed by atoms with Gasteiger partial charge in [-0.05, 0) is 92.0 Å². The normalized spacial score (nSPS) is 19.0. The number of aromatic nitrogens is 2. The molecule has 2 saturated heterocycles. The molecule has 1 amide bonds. The van der Waals surface area contributed by atoms with Gasteiger partial charge in [0.1, 0.15) is 5.82 Å². The first-order chi connectivity index (χ1) is 23.3. The van der Waals surface area contributed by atoms with Crippen molar-refractivity contribution in [3.8, 4) is 0 Å². The molecule has 246 valence electrons. The number of nitrogens with zero attached hydrogens (tertiary/aromatic N) is 4. The molecule has 2 aliphatic rings. The smallest absolute Gasteiger partial charge is 0.223 e. The predicted octanol–water partition coefficient (Wildman–Crippen LogP) is 8.19. The highest BCUT2D eigenvalue weighted by atomic mass is 35.5. The van der Waals surface area contributed by atoms with Gasteiger partial charge in [0.15, 0.2) is 5.82 Å². The minimum Gasteiger partial charge on any atom is -0.337 e. The SMILES string of the molecule is O=C(c1nc2ccccc2n1Cc1ccc(F)cc1)C1CCN(CCC2(c3ccc(Cl)c(Cl)c3)CC(=O)N(Cc3ccccc3)C2)CC1. The lowest BCUT2D eigenvalue weighted by atomic mass is 9.76. The Morgan fingerprint density at radius 2 is 1.56 bits per heavy atom. The summed E-state index contributed by atoms with van der Waals surface area (Å²) in [6.07, 6.45) is 2.67. The van der Waals surface area contributed by atoms with E-state index in [4.69, 9.17) is 28.2 Å². The Balaban J connectivity index is 1.05. The molecule has 0 saturated carbocycles. The number of imidazole rings is 1. The van der Waals surface area contributed by atoms with Crippen molar-refractivity contribution in [2.45, 2.75) is 44.2 Å². The number of carbonyl (C=O) groups is 2. The second-order valence-electron chi connectivity index (χ2n) is 13.2. The molecule has 0 bridgehead atoms. The van der Waals surface area contributed by atoms with E-state index in [1.165, 1.54) is 12.1 Å². The van der Waals surface area contributed by atoms with Gasteiger partial charge in [0.05, 0.1) is 21.1 Å². The number of amides is 1. The predicted molar refractivity (Wildman–Crippen MR) is 188 cm³/mol. The number of hydrogen-bond donors (Lipinski definition) is 0. The number of likely N-dealkylation sites (tertiary alicyclic amines) is 2. The lowest BCUT2D eigenvalue weighted by Crippen LogP contribution is -2.41. The largest absolute Gasteiger partial charge is 0.337 e. The van der Waals surface area contributed by atoms with E-state index in [-0.39, 0.29) is 23.4 Å². The van der Waals surface area contributed by atoms with Crippen LogP contribution in [0, 0.1) is 11.7 Å². The van der Waals surface area contributed by atoms with Crippen LogP contribution in [0.2, 0.25) is 10.0 Å². The third-order valence-electron chi connectivity index (χ3n) is 10.1. The molecule has 3 heterocycles. The number of halogens is 3. The van der Waals surface area contributed by atoms with Gasteiger partial charge in [-0.3, -0.25) is 9.59 Å². The number of Topliss-reactive ketones (excluding diaryl/α,β-unsaturated/α-hetero) is 1. The first kappa shape index (κ1) is 32.5. The van der Waals surface area contributed by atoms with Crippen LogP contribution in [0.15, 0.2) is 97.1 Å². The molecular weight excluding hydrogens is 646 g/mol. The molecule has 0 spiro atoms. The van der Waals surface area contributed by atoms with E-state index in [1.807, 2.05) is 70.1 Å². The minimum absolute atomic E-state index is 0.0539. The maximum atomic E-state index is 14.0. The van der Waals surface area contributed by atoms with E-state index in [1.54, 1.807) is 12.1 Å². The Kier molecular flexibility index (Phi) is 9.36. The average molecular weight is 684 g/mol. The van der Waals surface area contributed by atoms with E-state index in [2.05, 4.69) is 17.0 Å². The van der Waals surface area contributed by atoms with Crippen molar-refractivity contribution in [2.24, 2.45) is 5.92 Å². The summed E-state index contributed by atoms with van der Waals surface area (Å²) in [5.41, 5.74) is 4.33. The second kappa shape index (κ2) is 13.8. The zero-order valence-corrected chi connectivity index (χ0v) is 28.1. The molecule has 0 N–H and O–H groups in total. The highest BCUT2D eigenvalue weighted by Crippen LogP contribution is 2.41. The third-order valence-corrected chi connectivity index (χ3v) is 10.8. The number of rotatable bonds is 10. The van der Waals surface area contributed by atoms with Crippen LogP contribution in [-0.4, -0.2) is 57.2 Å². The molecule has 6 nitrogen and oxygen atoms in total. The molecule has 5 aromatic rings. The maximum Gasteiger partial charge on any atom is 0.223 e. The third kappa shape index (κ3) is 6.77. The summed E-state index contributed by atoms with van der Waals surface area (Å²) in [4.78, 5) is 36.6. The topological polar surface area (TPSA) is 58.4 Å². The van der Waals surface area contributed by atoms with Crippen molar-refractivity contribution in [1.82, 2.24) is 19.4 Å². The summed E-state index contributed by atoms with van der Waals surface area (Å²) in [6, 6.07) is 30.0. The summed E-state index contributed by atoms with van der Waals surface area (Å²) >= 11 is 12.8. The van der Waals surface area contributed by atoms with Crippen LogP contribution in [0.1, 0.15) is 53.0 Å². The number of carbonyl (C=O) groups excluding carboxylic acids is 2. The van der Waals surface area contributed by atoms with Crippen LogP contribution in [0.5, 0.6) is 0 Å². The fraction of sp³-hybridized carbons (Fsp3) is 0.308. The molecule has 4 aromatic carbocycles. The van der Waals surface area contributed by atoms with Gasteiger partial charge in [-0.25, -0.2) is 9.37 Å². The molecule has 0 radical (unpaired) electrons. The van der Waals surface area contributed by atoms with Crippen LogP contribution in [0.25, 0.3) is 11.0 Å². The Morgan fingerprint density at radius 3 is 2.31 bits per heavy atom. The average Bonchev–Trinajstić information content (AvgIpc) is 3.63. The van der Waals surface area contributed by atoms with Gasteiger partial charge in [-0.15, -0.1) is 0 Å². The van der Waals surface area contributed by atoms with Crippen molar-refractivity contribution in [3.05, 3.63) is 135 Å². The fourth-order valence-corrected chi connectivity index (χ4v) is 7.66. The molecule has 2 aliphatic heterocycles. The van der Waals surface area contributed by atoms with Gasteiger partial charge >= 0.3 is 0 Å². The van der Waals surface area contributed by atoms with Crippen LogP contribution in [0.4, 0.5) is 4.39 Å². The Hall–Kier alpha value is -4.04. The number of hydrogen-bond acceptors (Lipinski definition) is 4. The van der Waals surface area contributed by atoms with Crippen molar-refractivity contribution in [3.63, 3.8) is 0 Å². The molecule has 1 atom stereocenters. The second-order valence-corrected chi connectivity index (χ2v) is 14.0. The number of para-hydroxylation sites is 2. The zero-order valence-electron chi connectivity index (χ0n) is 26.6. The standard InChI is InChI=1S/C39H37Cl2FN4O2/c40-32-15-12-30(22-33(32)41)39(23-36(47)45(26-39)24-27-6-2-1-3-7-27)18-21-44-19-16-29(17-20-44)37(48)38-43-34-8-4-5-9-35(34)46(38)25-28-10-13-31(42)14-11-28/h1-15,22,29H,16-21,23-26H2. The molecule has 9 heteroatoms. The summed E-state index contributed by atoms with van der Waals surface area (Å²) in [6.45, 7) is 4.00. The summed E-state index contributed by atoms with van der Waals surface area (Å²) in [5.74, 6) is 0.226. The lowest BCUT2D eigenvalue weighted by Gasteiger charge is -2.35. The van der Waals surface area contributed by atoms with Crippen molar-refractivity contribution >= 4 is 45.9 Å².